The average Bonchev–Trinajstić information content (AvgIpc) is 3.38. The van der Waals surface area contributed by atoms with Crippen molar-refractivity contribution in [1.82, 2.24) is 0 Å². The number of anilines is 6. The van der Waals surface area contributed by atoms with Gasteiger partial charge in [0.05, 0.1) is 0 Å². The van der Waals surface area contributed by atoms with E-state index in [2.05, 4.69) is 220 Å². The van der Waals surface area contributed by atoms with Crippen LogP contribution in [0.1, 0.15) is 47.2 Å². The fourth-order valence-electron chi connectivity index (χ4n) is 7.62. The van der Waals surface area contributed by atoms with Crippen molar-refractivity contribution >= 4 is 46.3 Å². The first kappa shape index (κ1) is 32.1. The second-order valence-electron chi connectivity index (χ2n) is 14.1. The van der Waals surface area contributed by atoms with Crippen LogP contribution in [0.4, 0.5) is 34.1 Å². The van der Waals surface area contributed by atoms with E-state index in [1.807, 2.05) is 0 Å². The summed E-state index contributed by atoms with van der Waals surface area (Å²) in [5.74, 6) is 0. The third-order valence-corrected chi connectivity index (χ3v) is 10.1. The molecule has 0 aromatic heterocycles. The molecule has 2 heteroatoms. The van der Waals surface area contributed by atoms with E-state index in [1.165, 1.54) is 44.8 Å². The lowest BCUT2D eigenvalue weighted by molar-refractivity contribution is 0.660. The normalized spacial score (nSPS) is 12.8. The SMILES string of the molecule is Cc1cc(C)cc(N(c2ccc(C=Cc3ccc(N(c4ccccc4)c4ccccc4)cc3)cc2)c2ccc3c(c2)C(C)(C)c2ccccc2-3)c1. The van der Waals surface area contributed by atoms with Crippen LogP contribution in [0.5, 0.6) is 0 Å². The molecule has 0 amide bonds. The Morgan fingerprint density at radius 2 is 0.804 bits per heavy atom. The van der Waals surface area contributed by atoms with Gasteiger partial charge in [-0.15, -0.1) is 0 Å². The van der Waals surface area contributed by atoms with Gasteiger partial charge in [-0.05, 0) is 131 Å². The average molecular weight is 659 g/mol. The number of hydrogen-bond acceptors (Lipinski definition) is 2. The summed E-state index contributed by atoms with van der Waals surface area (Å²) < 4.78 is 0. The summed E-state index contributed by atoms with van der Waals surface area (Å²) in [4.78, 5) is 4.69. The van der Waals surface area contributed by atoms with Gasteiger partial charge in [-0.2, -0.15) is 0 Å². The number of hydrogen-bond donors (Lipinski definition) is 0. The van der Waals surface area contributed by atoms with E-state index in [-0.39, 0.29) is 5.41 Å². The maximum atomic E-state index is 2.40. The summed E-state index contributed by atoms with van der Waals surface area (Å²) in [6, 6.07) is 61.4. The molecule has 1 aliphatic carbocycles. The highest BCUT2D eigenvalue weighted by molar-refractivity contribution is 5.86. The minimum atomic E-state index is -0.0651. The number of rotatable bonds is 8. The van der Waals surface area contributed by atoms with Crippen molar-refractivity contribution in [2.45, 2.75) is 33.1 Å². The molecular weight excluding hydrogens is 617 g/mol. The fraction of sp³-hybridized carbons (Fsp3) is 0.102. The Hall–Kier alpha value is -6.12. The summed E-state index contributed by atoms with van der Waals surface area (Å²) >= 11 is 0. The van der Waals surface area contributed by atoms with Gasteiger partial charge in [-0.3, -0.25) is 0 Å². The Bertz CT molecular complexity index is 2270. The Labute approximate surface area is 302 Å². The number of nitrogens with zero attached hydrogens (tertiary/aromatic N) is 2. The molecule has 1 aliphatic rings. The zero-order chi connectivity index (χ0) is 35.0. The van der Waals surface area contributed by atoms with E-state index in [9.17, 15) is 0 Å². The van der Waals surface area contributed by atoms with E-state index in [1.54, 1.807) is 0 Å². The Kier molecular flexibility index (Phi) is 8.37. The number of fused-ring (bicyclic) bond motifs is 3. The van der Waals surface area contributed by atoms with Crippen molar-refractivity contribution in [3.63, 3.8) is 0 Å². The minimum Gasteiger partial charge on any atom is -0.311 e. The number of para-hydroxylation sites is 2. The predicted octanol–water partition coefficient (Wildman–Crippen LogP) is 13.7. The smallest absolute Gasteiger partial charge is 0.0466 e. The van der Waals surface area contributed by atoms with Crippen LogP contribution < -0.4 is 9.80 Å². The second-order valence-corrected chi connectivity index (χ2v) is 14.1. The fourth-order valence-corrected chi connectivity index (χ4v) is 7.62. The van der Waals surface area contributed by atoms with E-state index in [4.69, 9.17) is 0 Å². The first-order valence-corrected chi connectivity index (χ1v) is 17.8. The Morgan fingerprint density at radius 1 is 0.373 bits per heavy atom. The highest BCUT2D eigenvalue weighted by Crippen LogP contribution is 2.50. The van der Waals surface area contributed by atoms with Crippen LogP contribution in [-0.4, -0.2) is 0 Å². The van der Waals surface area contributed by atoms with Crippen LogP contribution in [0, 0.1) is 13.8 Å². The van der Waals surface area contributed by atoms with Crippen molar-refractivity contribution in [2.24, 2.45) is 0 Å². The number of benzene rings is 7. The third kappa shape index (κ3) is 6.26. The maximum absolute atomic E-state index is 2.40. The molecule has 0 unspecified atom stereocenters. The third-order valence-electron chi connectivity index (χ3n) is 10.1. The molecule has 0 aliphatic heterocycles. The van der Waals surface area contributed by atoms with Crippen LogP contribution in [0.2, 0.25) is 0 Å². The highest BCUT2D eigenvalue weighted by atomic mass is 15.1. The van der Waals surface area contributed by atoms with Gasteiger partial charge < -0.3 is 9.80 Å². The van der Waals surface area contributed by atoms with Gasteiger partial charge in [0.15, 0.2) is 0 Å². The lowest BCUT2D eigenvalue weighted by Crippen LogP contribution is -2.16. The standard InChI is InChI=1S/C49H42N2/c1-35-31-36(2)33-44(32-35)51(43-29-30-46-45-17-11-12-18-47(45)49(3,4)48(46)34-43)42-27-23-38(24-28-42)20-19-37-21-25-41(26-22-37)50(39-13-7-5-8-14-39)40-15-9-6-10-16-40/h5-34H,1-4H3. The van der Waals surface area contributed by atoms with Crippen molar-refractivity contribution in [1.29, 1.82) is 0 Å². The molecule has 0 bridgehead atoms. The molecular formula is C49H42N2. The predicted molar refractivity (Wildman–Crippen MR) is 218 cm³/mol. The summed E-state index contributed by atoms with van der Waals surface area (Å²) in [5.41, 5.74) is 17.1. The van der Waals surface area contributed by atoms with E-state index < -0.39 is 0 Å². The van der Waals surface area contributed by atoms with Crippen LogP contribution in [0.15, 0.2) is 170 Å². The monoisotopic (exact) mass is 658 g/mol. The van der Waals surface area contributed by atoms with Gasteiger partial charge in [-0.25, -0.2) is 0 Å². The lowest BCUT2D eigenvalue weighted by atomic mass is 9.82. The summed E-state index contributed by atoms with van der Waals surface area (Å²) in [6.07, 6.45) is 4.39. The molecule has 0 heterocycles. The molecule has 0 fully saturated rings. The topological polar surface area (TPSA) is 6.48 Å². The minimum absolute atomic E-state index is 0.0651. The first-order valence-electron chi connectivity index (χ1n) is 17.8. The molecule has 248 valence electrons. The van der Waals surface area contributed by atoms with Crippen molar-refractivity contribution in [3.05, 3.63) is 203 Å². The second kappa shape index (κ2) is 13.3. The van der Waals surface area contributed by atoms with Crippen LogP contribution in [0.3, 0.4) is 0 Å². The zero-order valence-electron chi connectivity index (χ0n) is 29.7. The van der Waals surface area contributed by atoms with Crippen LogP contribution in [-0.2, 0) is 5.41 Å². The van der Waals surface area contributed by atoms with Crippen molar-refractivity contribution in [3.8, 4) is 11.1 Å². The zero-order valence-corrected chi connectivity index (χ0v) is 29.7. The van der Waals surface area contributed by atoms with Gasteiger partial charge in [0.2, 0.25) is 0 Å². The first-order chi connectivity index (χ1) is 24.8. The molecule has 8 rings (SSSR count). The molecule has 0 radical (unpaired) electrons. The van der Waals surface area contributed by atoms with E-state index in [0.29, 0.717) is 0 Å². The lowest BCUT2D eigenvalue weighted by Gasteiger charge is -2.28. The summed E-state index contributed by atoms with van der Waals surface area (Å²) in [5, 5.41) is 0. The van der Waals surface area contributed by atoms with Crippen LogP contribution in [0.25, 0.3) is 23.3 Å². The summed E-state index contributed by atoms with van der Waals surface area (Å²) in [6.45, 7) is 9.05. The molecule has 0 spiro atoms. The largest absolute Gasteiger partial charge is 0.311 e. The highest BCUT2D eigenvalue weighted by Gasteiger charge is 2.35. The molecule has 0 saturated heterocycles. The summed E-state index contributed by atoms with van der Waals surface area (Å²) in [7, 11) is 0. The Morgan fingerprint density at radius 3 is 1.35 bits per heavy atom. The van der Waals surface area contributed by atoms with E-state index >= 15 is 0 Å². The van der Waals surface area contributed by atoms with Gasteiger partial charge in [0.1, 0.15) is 0 Å². The van der Waals surface area contributed by atoms with Crippen molar-refractivity contribution in [2.75, 3.05) is 9.80 Å². The Balaban J connectivity index is 1.09. The number of aryl methyl sites for hydroxylation is 2. The molecule has 0 atom stereocenters. The molecule has 0 N–H and O–H groups in total. The van der Waals surface area contributed by atoms with E-state index in [0.717, 1.165) is 33.9 Å². The molecule has 7 aromatic carbocycles. The molecule has 51 heavy (non-hydrogen) atoms. The van der Waals surface area contributed by atoms with Crippen LogP contribution >= 0.6 is 0 Å². The molecule has 0 saturated carbocycles. The van der Waals surface area contributed by atoms with Crippen molar-refractivity contribution < 1.29 is 0 Å². The van der Waals surface area contributed by atoms with Gasteiger partial charge >= 0.3 is 0 Å². The molecule has 7 aromatic rings. The van der Waals surface area contributed by atoms with Gasteiger partial charge in [0.25, 0.3) is 0 Å². The van der Waals surface area contributed by atoms with Gasteiger partial charge in [0, 0.05) is 39.5 Å². The van der Waals surface area contributed by atoms with Gasteiger partial charge in [-0.1, -0.05) is 123 Å². The molecule has 2 nitrogen and oxygen atoms in total. The maximum Gasteiger partial charge on any atom is 0.0466 e. The quantitative estimate of drug-likeness (QED) is 0.150.